The molecule has 0 saturated carbocycles. The molecule has 158 valence electrons. The molecule has 0 aromatic heterocycles. The van der Waals surface area contributed by atoms with Gasteiger partial charge in [-0.05, 0) is 49.2 Å². The molecule has 0 aliphatic carbocycles. The number of nitrogens with one attached hydrogen (secondary N) is 2. The van der Waals surface area contributed by atoms with E-state index in [-0.39, 0.29) is 17.9 Å². The van der Waals surface area contributed by atoms with Gasteiger partial charge in [0.2, 0.25) is 0 Å². The lowest BCUT2D eigenvalue weighted by Crippen LogP contribution is -2.36. The first-order chi connectivity index (χ1) is 14.7. The van der Waals surface area contributed by atoms with Crippen LogP contribution in [0.1, 0.15) is 33.6 Å². The summed E-state index contributed by atoms with van der Waals surface area (Å²) in [6.07, 6.45) is 2.05. The third-order valence-electron chi connectivity index (χ3n) is 5.44. The number of amides is 2. The average molecular weight is 409 g/mol. The van der Waals surface area contributed by atoms with Crippen LogP contribution in [0.2, 0.25) is 0 Å². The minimum absolute atomic E-state index is 0.0701. The van der Waals surface area contributed by atoms with E-state index in [1.807, 2.05) is 12.1 Å². The van der Waals surface area contributed by atoms with E-state index < -0.39 is 0 Å². The highest BCUT2D eigenvalue weighted by Gasteiger charge is 2.19. The Labute approximate surface area is 176 Å². The predicted octanol–water partition coefficient (Wildman–Crippen LogP) is 2.68. The Morgan fingerprint density at radius 3 is 2.47 bits per heavy atom. The van der Waals surface area contributed by atoms with Crippen molar-refractivity contribution >= 4 is 23.2 Å². The van der Waals surface area contributed by atoms with Gasteiger partial charge in [0, 0.05) is 37.5 Å². The Kier molecular flexibility index (Phi) is 6.61. The standard InChI is InChI=1S/C23H27N3O4/c27-22(17-7-9-18(10-8-17)26-11-14-29-15-12-26)25-21-6-2-1-5-20(21)23(28)24-16-19-4-3-13-30-19/h1-2,5-10,19H,3-4,11-16H2,(H,24,28)(H,25,27)/t19-/m0/s1. The van der Waals surface area contributed by atoms with Gasteiger partial charge in [0.05, 0.1) is 30.6 Å². The molecule has 0 spiro atoms. The van der Waals surface area contributed by atoms with Gasteiger partial charge in [0.25, 0.3) is 11.8 Å². The van der Waals surface area contributed by atoms with Crippen LogP contribution < -0.4 is 15.5 Å². The molecule has 0 bridgehead atoms. The second-order valence-electron chi connectivity index (χ2n) is 7.49. The van der Waals surface area contributed by atoms with Crippen LogP contribution in [0.5, 0.6) is 0 Å². The summed E-state index contributed by atoms with van der Waals surface area (Å²) in [4.78, 5) is 27.6. The highest BCUT2D eigenvalue weighted by Crippen LogP contribution is 2.20. The van der Waals surface area contributed by atoms with E-state index in [0.717, 1.165) is 38.2 Å². The smallest absolute Gasteiger partial charge is 0.255 e. The number of anilines is 2. The fraction of sp³-hybridized carbons (Fsp3) is 0.391. The lowest BCUT2D eigenvalue weighted by atomic mass is 10.1. The molecule has 2 aromatic carbocycles. The number of para-hydroxylation sites is 1. The molecule has 0 unspecified atom stereocenters. The number of rotatable bonds is 6. The van der Waals surface area contributed by atoms with E-state index in [1.165, 1.54) is 0 Å². The number of nitrogens with zero attached hydrogens (tertiary/aromatic N) is 1. The van der Waals surface area contributed by atoms with Crippen molar-refractivity contribution in [3.05, 3.63) is 59.7 Å². The summed E-state index contributed by atoms with van der Waals surface area (Å²) in [5.74, 6) is -0.466. The number of carbonyl (C=O) groups excluding carboxylic acids is 2. The highest BCUT2D eigenvalue weighted by atomic mass is 16.5. The van der Waals surface area contributed by atoms with Gasteiger partial charge in [-0.2, -0.15) is 0 Å². The maximum absolute atomic E-state index is 12.7. The number of ether oxygens (including phenoxy) is 2. The first kappa shape index (κ1) is 20.4. The van der Waals surface area contributed by atoms with Gasteiger partial charge >= 0.3 is 0 Å². The van der Waals surface area contributed by atoms with Gasteiger partial charge in [0.15, 0.2) is 0 Å². The maximum Gasteiger partial charge on any atom is 0.255 e. The van der Waals surface area contributed by atoms with Crippen molar-refractivity contribution in [1.29, 1.82) is 0 Å². The number of hydrogen-bond acceptors (Lipinski definition) is 5. The normalized spacial score (nSPS) is 18.8. The van der Waals surface area contributed by atoms with Crippen LogP contribution in [0.25, 0.3) is 0 Å². The summed E-state index contributed by atoms with van der Waals surface area (Å²) in [5, 5.41) is 5.78. The Hall–Kier alpha value is -2.90. The zero-order valence-electron chi connectivity index (χ0n) is 16.9. The summed E-state index contributed by atoms with van der Waals surface area (Å²) in [7, 11) is 0. The molecule has 2 N–H and O–H groups in total. The molecular weight excluding hydrogens is 382 g/mol. The Morgan fingerprint density at radius 1 is 0.967 bits per heavy atom. The summed E-state index contributed by atoms with van der Waals surface area (Å²) in [5.41, 5.74) is 2.55. The van der Waals surface area contributed by atoms with Crippen molar-refractivity contribution < 1.29 is 19.1 Å². The molecule has 7 nitrogen and oxygen atoms in total. The Balaban J connectivity index is 1.39. The van der Waals surface area contributed by atoms with E-state index in [4.69, 9.17) is 9.47 Å². The number of benzene rings is 2. The van der Waals surface area contributed by atoms with Crippen LogP contribution in [-0.2, 0) is 9.47 Å². The van der Waals surface area contributed by atoms with Crippen LogP contribution >= 0.6 is 0 Å². The third-order valence-corrected chi connectivity index (χ3v) is 5.44. The predicted molar refractivity (Wildman–Crippen MR) is 115 cm³/mol. The van der Waals surface area contributed by atoms with Gasteiger partial charge in [-0.3, -0.25) is 9.59 Å². The van der Waals surface area contributed by atoms with Crippen LogP contribution in [0, 0.1) is 0 Å². The summed E-state index contributed by atoms with van der Waals surface area (Å²) in [6, 6.07) is 14.5. The lowest BCUT2D eigenvalue weighted by Gasteiger charge is -2.28. The fourth-order valence-electron chi connectivity index (χ4n) is 3.74. The van der Waals surface area contributed by atoms with Crippen molar-refractivity contribution in [2.45, 2.75) is 18.9 Å². The van der Waals surface area contributed by atoms with E-state index in [0.29, 0.717) is 36.6 Å². The number of carbonyl (C=O) groups is 2. The van der Waals surface area contributed by atoms with Gasteiger partial charge in [0.1, 0.15) is 0 Å². The van der Waals surface area contributed by atoms with Gasteiger partial charge < -0.3 is 25.0 Å². The van der Waals surface area contributed by atoms with E-state index >= 15 is 0 Å². The van der Waals surface area contributed by atoms with E-state index in [1.54, 1.807) is 36.4 Å². The first-order valence-electron chi connectivity index (χ1n) is 10.4. The van der Waals surface area contributed by atoms with E-state index in [9.17, 15) is 9.59 Å². The maximum atomic E-state index is 12.7. The topological polar surface area (TPSA) is 79.9 Å². The molecule has 4 rings (SSSR count). The van der Waals surface area contributed by atoms with Crippen LogP contribution in [-0.4, -0.2) is 57.4 Å². The molecular formula is C23H27N3O4. The average Bonchev–Trinajstić information content (AvgIpc) is 3.32. The minimum Gasteiger partial charge on any atom is -0.378 e. The monoisotopic (exact) mass is 409 g/mol. The number of morpholine rings is 1. The Morgan fingerprint density at radius 2 is 1.73 bits per heavy atom. The molecule has 2 aromatic rings. The Bertz CT molecular complexity index is 872. The molecule has 1 atom stereocenters. The van der Waals surface area contributed by atoms with Crippen molar-refractivity contribution in [3.8, 4) is 0 Å². The molecule has 30 heavy (non-hydrogen) atoms. The summed E-state index contributed by atoms with van der Waals surface area (Å²) >= 11 is 0. The molecule has 0 radical (unpaired) electrons. The molecule has 2 saturated heterocycles. The highest BCUT2D eigenvalue weighted by molar-refractivity contribution is 6.09. The zero-order valence-corrected chi connectivity index (χ0v) is 16.9. The second kappa shape index (κ2) is 9.73. The largest absolute Gasteiger partial charge is 0.378 e. The minimum atomic E-state index is -0.247. The third kappa shape index (κ3) is 4.98. The lowest BCUT2D eigenvalue weighted by molar-refractivity contribution is 0.0858. The van der Waals surface area contributed by atoms with Crippen molar-refractivity contribution in [2.75, 3.05) is 49.7 Å². The molecule has 2 heterocycles. The zero-order chi connectivity index (χ0) is 20.8. The molecule has 2 amide bonds. The van der Waals surface area contributed by atoms with Crippen molar-refractivity contribution in [1.82, 2.24) is 5.32 Å². The molecule has 2 aliphatic rings. The quantitative estimate of drug-likeness (QED) is 0.767. The SMILES string of the molecule is O=C(Nc1ccccc1C(=O)NC[C@@H]1CCCO1)c1ccc(N2CCOCC2)cc1. The number of hydrogen-bond donors (Lipinski definition) is 2. The van der Waals surface area contributed by atoms with Gasteiger partial charge in [-0.25, -0.2) is 0 Å². The van der Waals surface area contributed by atoms with E-state index in [2.05, 4.69) is 15.5 Å². The van der Waals surface area contributed by atoms with Crippen molar-refractivity contribution in [3.63, 3.8) is 0 Å². The van der Waals surface area contributed by atoms with Gasteiger partial charge in [-0.15, -0.1) is 0 Å². The molecule has 2 fully saturated rings. The van der Waals surface area contributed by atoms with Gasteiger partial charge in [-0.1, -0.05) is 12.1 Å². The fourth-order valence-corrected chi connectivity index (χ4v) is 3.74. The van der Waals surface area contributed by atoms with Crippen LogP contribution in [0.3, 0.4) is 0 Å². The molecule has 7 heteroatoms. The summed E-state index contributed by atoms with van der Waals surface area (Å²) in [6.45, 7) is 4.35. The summed E-state index contributed by atoms with van der Waals surface area (Å²) < 4.78 is 10.9. The molecule has 2 aliphatic heterocycles. The van der Waals surface area contributed by atoms with Crippen LogP contribution in [0.15, 0.2) is 48.5 Å². The first-order valence-corrected chi connectivity index (χ1v) is 10.4. The van der Waals surface area contributed by atoms with Crippen LogP contribution in [0.4, 0.5) is 11.4 Å². The second-order valence-corrected chi connectivity index (χ2v) is 7.49. The van der Waals surface area contributed by atoms with Crippen molar-refractivity contribution in [2.24, 2.45) is 0 Å².